The van der Waals surface area contributed by atoms with E-state index in [-0.39, 0.29) is 0 Å². The molecule has 1 aliphatic carbocycles. The minimum atomic E-state index is 0.880. The summed E-state index contributed by atoms with van der Waals surface area (Å²) in [6.45, 7) is 2.21. The van der Waals surface area contributed by atoms with Crippen molar-refractivity contribution in [1.82, 2.24) is 0 Å². The molecule has 0 aromatic heterocycles. The Morgan fingerprint density at radius 2 is 2.67 bits per heavy atom. The van der Waals surface area contributed by atoms with E-state index in [9.17, 15) is 0 Å². The molecule has 0 spiro atoms. The molecule has 0 aromatic rings. The average Bonchev–Trinajstić information content (AvgIpc) is 1.31. The molecule has 1 atom stereocenters. The van der Waals surface area contributed by atoms with Crippen LogP contribution in [0.2, 0.25) is 0 Å². The van der Waals surface area contributed by atoms with Gasteiger partial charge in [0.05, 0.1) is 0 Å². The molecule has 0 saturated carbocycles. The van der Waals surface area contributed by atoms with Crippen molar-refractivity contribution >= 4 is 0 Å². The molecule has 0 fully saturated rings. The number of rotatable bonds is 1. The summed E-state index contributed by atoms with van der Waals surface area (Å²) in [5, 5.41) is 0. The van der Waals surface area contributed by atoms with Gasteiger partial charge in [0.15, 0.2) is 0 Å². The molecular weight excluding hydrogens is 72.1 g/mol. The fourth-order valence-corrected chi connectivity index (χ4v) is 0.547. The quantitative estimate of drug-likeness (QED) is 0.451. The Hall–Kier alpha value is -0.260. The smallest absolute Gasteiger partial charge is 0.0190 e. The van der Waals surface area contributed by atoms with E-state index >= 15 is 0 Å². The highest BCUT2D eigenvalue weighted by molar-refractivity contribution is 4.94. The standard InChI is InChI=1S/C6H9/c1-2-6-4-3-5-6/h4,6H,2,5H2,1H3. The lowest BCUT2D eigenvalue weighted by Gasteiger charge is -2.12. The van der Waals surface area contributed by atoms with Crippen LogP contribution in [-0.2, 0) is 0 Å². The lowest BCUT2D eigenvalue weighted by Crippen LogP contribution is -1.99. The van der Waals surface area contributed by atoms with Gasteiger partial charge in [-0.15, -0.1) is 0 Å². The monoisotopic (exact) mass is 81.1 g/mol. The zero-order valence-electron chi connectivity index (χ0n) is 4.07. The zero-order chi connectivity index (χ0) is 4.41. The Labute approximate surface area is 38.9 Å². The van der Waals surface area contributed by atoms with Gasteiger partial charge in [0, 0.05) is 0 Å². The summed E-state index contributed by atoms with van der Waals surface area (Å²) < 4.78 is 0. The van der Waals surface area contributed by atoms with E-state index in [0.717, 1.165) is 5.92 Å². The van der Waals surface area contributed by atoms with Crippen molar-refractivity contribution in [3.63, 3.8) is 0 Å². The Bertz CT molecular complexity index is 62.4. The first kappa shape index (κ1) is 3.91. The molecule has 0 amide bonds. The third-order valence-corrected chi connectivity index (χ3v) is 1.26. The van der Waals surface area contributed by atoms with Crippen molar-refractivity contribution in [3.05, 3.63) is 12.2 Å². The first-order valence-electron chi connectivity index (χ1n) is 2.50. The van der Waals surface area contributed by atoms with Crippen LogP contribution >= 0.6 is 0 Å². The Morgan fingerprint density at radius 3 is 2.67 bits per heavy atom. The minimum absolute atomic E-state index is 0.880. The third-order valence-electron chi connectivity index (χ3n) is 1.26. The highest BCUT2D eigenvalue weighted by atomic mass is 14.1. The minimum Gasteiger partial charge on any atom is -0.0776 e. The molecular formula is C6H9. The van der Waals surface area contributed by atoms with Crippen LogP contribution in [0.15, 0.2) is 6.08 Å². The maximum atomic E-state index is 3.09. The topological polar surface area (TPSA) is 0 Å². The van der Waals surface area contributed by atoms with E-state index in [2.05, 4.69) is 19.1 Å². The van der Waals surface area contributed by atoms with E-state index in [1.165, 1.54) is 12.8 Å². The van der Waals surface area contributed by atoms with Crippen molar-refractivity contribution in [2.24, 2.45) is 5.92 Å². The molecule has 1 unspecified atom stereocenters. The van der Waals surface area contributed by atoms with Crippen LogP contribution in [0.25, 0.3) is 0 Å². The van der Waals surface area contributed by atoms with Gasteiger partial charge in [-0.05, 0) is 24.8 Å². The maximum Gasteiger partial charge on any atom is -0.0190 e. The van der Waals surface area contributed by atoms with Crippen molar-refractivity contribution in [2.45, 2.75) is 19.8 Å². The Kier molecular flexibility index (Phi) is 0.952. The number of allylic oxidation sites excluding steroid dienone is 2. The molecule has 0 heterocycles. The first-order valence-corrected chi connectivity index (χ1v) is 2.50. The van der Waals surface area contributed by atoms with Gasteiger partial charge in [-0.1, -0.05) is 13.0 Å². The fraction of sp³-hybridized carbons (Fsp3) is 0.667. The Morgan fingerprint density at radius 1 is 2.00 bits per heavy atom. The molecule has 33 valence electrons. The molecule has 0 bridgehead atoms. The van der Waals surface area contributed by atoms with Crippen LogP contribution in [-0.4, -0.2) is 0 Å². The zero-order valence-corrected chi connectivity index (χ0v) is 4.07. The van der Waals surface area contributed by atoms with E-state index in [4.69, 9.17) is 0 Å². The van der Waals surface area contributed by atoms with E-state index in [0.29, 0.717) is 0 Å². The lowest BCUT2D eigenvalue weighted by molar-refractivity contribution is 0.575. The predicted octanol–water partition coefficient (Wildman–Crippen LogP) is 1.78. The highest BCUT2D eigenvalue weighted by Crippen LogP contribution is 2.17. The van der Waals surface area contributed by atoms with E-state index < -0.39 is 0 Å². The van der Waals surface area contributed by atoms with Gasteiger partial charge in [0.25, 0.3) is 0 Å². The van der Waals surface area contributed by atoms with Gasteiger partial charge in [-0.25, -0.2) is 0 Å². The van der Waals surface area contributed by atoms with Gasteiger partial charge in [0.2, 0.25) is 0 Å². The molecule has 1 rings (SSSR count). The van der Waals surface area contributed by atoms with Crippen LogP contribution in [0.4, 0.5) is 0 Å². The molecule has 1 aliphatic rings. The van der Waals surface area contributed by atoms with Gasteiger partial charge in [-0.2, -0.15) is 0 Å². The second kappa shape index (κ2) is 1.46. The lowest BCUT2D eigenvalue weighted by atomic mass is 9.93. The van der Waals surface area contributed by atoms with Crippen LogP contribution in [0, 0.1) is 12.0 Å². The predicted molar refractivity (Wildman–Crippen MR) is 26.2 cm³/mol. The van der Waals surface area contributed by atoms with E-state index in [1.54, 1.807) is 0 Å². The molecule has 0 aliphatic heterocycles. The van der Waals surface area contributed by atoms with Crippen LogP contribution in [0.3, 0.4) is 0 Å². The van der Waals surface area contributed by atoms with Gasteiger partial charge in [0.1, 0.15) is 0 Å². The van der Waals surface area contributed by atoms with Crippen molar-refractivity contribution < 1.29 is 0 Å². The average molecular weight is 81.1 g/mol. The second-order valence-electron chi connectivity index (χ2n) is 1.74. The van der Waals surface area contributed by atoms with Crippen LogP contribution in [0.5, 0.6) is 0 Å². The van der Waals surface area contributed by atoms with E-state index in [1.807, 2.05) is 0 Å². The summed E-state index contributed by atoms with van der Waals surface area (Å²) in [6, 6.07) is 0. The Balaban J connectivity index is 2.21. The first-order chi connectivity index (χ1) is 2.93. The van der Waals surface area contributed by atoms with Crippen molar-refractivity contribution in [1.29, 1.82) is 0 Å². The molecule has 0 heteroatoms. The van der Waals surface area contributed by atoms with Gasteiger partial charge in [-0.3, -0.25) is 0 Å². The number of hydrogen-bond acceptors (Lipinski definition) is 0. The summed E-state index contributed by atoms with van der Waals surface area (Å²) in [5.41, 5.74) is 0. The third kappa shape index (κ3) is 0.469. The molecule has 0 N–H and O–H groups in total. The molecule has 1 radical (unpaired) electrons. The fourth-order valence-electron chi connectivity index (χ4n) is 0.547. The summed E-state index contributed by atoms with van der Waals surface area (Å²) in [5.74, 6) is 0.880. The van der Waals surface area contributed by atoms with Gasteiger partial charge < -0.3 is 0 Å². The second-order valence-corrected chi connectivity index (χ2v) is 1.74. The normalized spacial score (nSPS) is 29.8. The van der Waals surface area contributed by atoms with Crippen LogP contribution in [0.1, 0.15) is 19.8 Å². The highest BCUT2D eigenvalue weighted by Gasteiger charge is 2.05. The van der Waals surface area contributed by atoms with Crippen molar-refractivity contribution in [3.8, 4) is 0 Å². The molecule has 6 heavy (non-hydrogen) atoms. The van der Waals surface area contributed by atoms with Crippen LogP contribution < -0.4 is 0 Å². The van der Waals surface area contributed by atoms with Crippen molar-refractivity contribution in [2.75, 3.05) is 0 Å². The summed E-state index contributed by atoms with van der Waals surface area (Å²) in [7, 11) is 0. The summed E-state index contributed by atoms with van der Waals surface area (Å²) >= 11 is 0. The van der Waals surface area contributed by atoms with Gasteiger partial charge >= 0.3 is 0 Å². The number of hydrogen-bond donors (Lipinski definition) is 0. The summed E-state index contributed by atoms with van der Waals surface area (Å²) in [4.78, 5) is 0. The molecule has 0 nitrogen and oxygen atoms in total. The maximum absolute atomic E-state index is 3.09. The SMILES string of the molecule is CCC1C=[C]C1. The molecule has 0 aromatic carbocycles. The largest absolute Gasteiger partial charge is 0.0776 e. The summed E-state index contributed by atoms with van der Waals surface area (Å²) in [6.07, 6.45) is 7.74. The molecule has 0 saturated heterocycles.